The van der Waals surface area contributed by atoms with Gasteiger partial charge in [0.1, 0.15) is 11.2 Å². The van der Waals surface area contributed by atoms with Crippen molar-refractivity contribution in [2.75, 3.05) is 44.2 Å². The summed E-state index contributed by atoms with van der Waals surface area (Å²) in [4.78, 5) is 4.66. The molecular weight excluding hydrogens is 437 g/mol. The molecule has 1 spiro atoms. The number of ether oxygens (including phenoxy) is 2. The number of fused-ring (bicyclic) bond motifs is 1. The highest BCUT2D eigenvalue weighted by molar-refractivity contribution is 5.87. The molecule has 2 aromatic heterocycles. The monoisotopic (exact) mass is 467 g/mol. The molecule has 3 heterocycles. The van der Waals surface area contributed by atoms with Gasteiger partial charge in [-0.25, -0.2) is 10.0 Å². The van der Waals surface area contributed by atoms with Crippen LogP contribution in [0, 0.1) is 10.9 Å². The molecule has 0 unspecified atom stereocenters. The van der Waals surface area contributed by atoms with E-state index in [4.69, 9.17) is 20.1 Å². The van der Waals surface area contributed by atoms with Gasteiger partial charge in [-0.1, -0.05) is 6.07 Å². The average molecular weight is 468 g/mol. The Morgan fingerprint density at radius 2 is 2.12 bits per heavy atom. The van der Waals surface area contributed by atoms with Gasteiger partial charge >= 0.3 is 0 Å². The number of anilines is 2. The zero-order chi connectivity index (χ0) is 23.5. The van der Waals surface area contributed by atoms with Gasteiger partial charge in [-0.05, 0) is 55.9 Å². The lowest BCUT2D eigenvalue weighted by atomic mass is 9.71. The first-order valence-electron chi connectivity index (χ1n) is 11.7. The lowest BCUT2D eigenvalue weighted by molar-refractivity contribution is -0.131. The van der Waals surface area contributed by atoms with Crippen LogP contribution in [0.15, 0.2) is 35.6 Å². The lowest BCUT2D eigenvalue weighted by Gasteiger charge is -2.46. The van der Waals surface area contributed by atoms with Crippen LogP contribution < -0.4 is 15.4 Å². The zero-order valence-corrected chi connectivity index (χ0v) is 19.3. The lowest BCUT2D eigenvalue weighted by Crippen LogP contribution is -2.47. The predicted molar refractivity (Wildman–Crippen MR) is 128 cm³/mol. The molecule has 9 nitrogen and oxygen atoms in total. The number of hydrogen-bond acceptors (Lipinski definition) is 8. The third-order valence-electron chi connectivity index (χ3n) is 6.92. The first-order chi connectivity index (χ1) is 16.6. The summed E-state index contributed by atoms with van der Waals surface area (Å²) in [6.45, 7) is 1.86. The Morgan fingerprint density at radius 1 is 1.29 bits per heavy atom. The molecule has 1 aliphatic heterocycles. The molecule has 0 radical (unpaired) electrons. The summed E-state index contributed by atoms with van der Waals surface area (Å²) in [7, 11) is 1.61. The van der Waals surface area contributed by atoms with E-state index in [0.717, 1.165) is 42.7 Å². The highest BCUT2D eigenvalue weighted by atomic mass is 19.1. The smallest absolute Gasteiger partial charge is 0.244 e. The second kappa shape index (κ2) is 9.54. The van der Waals surface area contributed by atoms with Crippen molar-refractivity contribution in [3.63, 3.8) is 0 Å². The third-order valence-corrected chi connectivity index (χ3v) is 6.92. The summed E-state index contributed by atoms with van der Waals surface area (Å²) in [6, 6.07) is 7.89. The van der Waals surface area contributed by atoms with Crippen LogP contribution in [0.1, 0.15) is 32.1 Å². The number of halogens is 1. The largest absolute Gasteiger partial charge is 0.479 e. The first kappa shape index (κ1) is 22.5. The molecule has 1 aromatic carbocycles. The normalized spacial score (nSPS) is 17.5. The number of methoxy groups -OCH3 is 1. The molecule has 0 bridgehead atoms. The van der Waals surface area contributed by atoms with E-state index in [0.29, 0.717) is 47.6 Å². The second-order valence-corrected chi connectivity index (χ2v) is 9.19. The summed E-state index contributed by atoms with van der Waals surface area (Å²) in [5.41, 5.74) is 11.6. The van der Waals surface area contributed by atoms with E-state index in [1.165, 1.54) is 12.8 Å². The Morgan fingerprint density at radius 3 is 2.79 bits per heavy atom. The van der Waals surface area contributed by atoms with Crippen LogP contribution in [0.2, 0.25) is 0 Å². The third kappa shape index (κ3) is 4.29. The standard InChI is InChI=1S/C24H30FN7O2/c1-33-22-21-18(16-3-4-19(30-26)20(13-16)27-11-2-10-25)7-12-32(21)31-23(29-22)28-17-5-8-24(9-6-17)14-34-15-24/h3-4,7,12-13,17,26-27H,2,5-6,8-11,14-15H2,1H3,(H,28,31). The summed E-state index contributed by atoms with van der Waals surface area (Å²) in [5.74, 6) is 1.03. The SMILES string of the molecule is COc1nc(NC2CCC3(CC2)COC3)nn2ccc(-c3ccc(N=N)c(NCCCF)c3)c12. The summed E-state index contributed by atoms with van der Waals surface area (Å²) in [6.07, 6.45) is 6.77. The maximum Gasteiger partial charge on any atom is 0.244 e. The van der Waals surface area contributed by atoms with Crippen molar-refractivity contribution >= 4 is 22.8 Å². The van der Waals surface area contributed by atoms with Crippen LogP contribution in [0.25, 0.3) is 16.6 Å². The first-order valence-corrected chi connectivity index (χ1v) is 11.7. The number of rotatable bonds is 9. The van der Waals surface area contributed by atoms with Crippen molar-refractivity contribution in [2.45, 2.75) is 38.1 Å². The van der Waals surface area contributed by atoms with E-state index in [1.807, 2.05) is 24.4 Å². The molecule has 1 aliphatic carbocycles. The van der Waals surface area contributed by atoms with Crippen molar-refractivity contribution < 1.29 is 13.9 Å². The number of nitrogens with zero attached hydrogens (tertiary/aromatic N) is 4. The molecule has 0 amide bonds. The van der Waals surface area contributed by atoms with Gasteiger partial charge < -0.3 is 20.1 Å². The van der Waals surface area contributed by atoms with Crippen molar-refractivity contribution in [3.05, 3.63) is 30.5 Å². The molecule has 180 valence electrons. The summed E-state index contributed by atoms with van der Waals surface area (Å²) >= 11 is 0. The van der Waals surface area contributed by atoms with Gasteiger partial charge in [-0.3, -0.25) is 4.39 Å². The quantitative estimate of drug-likeness (QED) is 0.294. The molecular formula is C24H30FN7O2. The van der Waals surface area contributed by atoms with E-state index in [1.54, 1.807) is 17.7 Å². The maximum absolute atomic E-state index is 12.5. The number of hydrogen-bond donors (Lipinski definition) is 3. The minimum Gasteiger partial charge on any atom is -0.479 e. The highest BCUT2D eigenvalue weighted by Crippen LogP contribution is 2.43. The number of benzene rings is 1. The number of nitrogens with one attached hydrogen (secondary N) is 3. The average Bonchev–Trinajstić information content (AvgIpc) is 3.27. The van der Waals surface area contributed by atoms with Gasteiger partial charge in [0.25, 0.3) is 0 Å². The van der Waals surface area contributed by atoms with Crippen molar-refractivity contribution in [1.82, 2.24) is 14.6 Å². The van der Waals surface area contributed by atoms with Crippen LogP contribution in [0.4, 0.5) is 21.7 Å². The fraction of sp³-hybridized carbons (Fsp3) is 0.500. The Balaban J connectivity index is 1.40. The van der Waals surface area contributed by atoms with Gasteiger partial charge in [-0.2, -0.15) is 10.1 Å². The van der Waals surface area contributed by atoms with Crippen LogP contribution in [0.3, 0.4) is 0 Å². The number of alkyl halides is 1. The van der Waals surface area contributed by atoms with Crippen molar-refractivity contribution in [3.8, 4) is 17.0 Å². The van der Waals surface area contributed by atoms with E-state index in [9.17, 15) is 4.39 Å². The fourth-order valence-corrected chi connectivity index (χ4v) is 4.90. The topological polar surface area (TPSA) is 109 Å². The van der Waals surface area contributed by atoms with Crippen LogP contribution in [-0.2, 0) is 4.74 Å². The Hall–Kier alpha value is -3.27. The summed E-state index contributed by atoms with van der Waals surface area (Å²) in [5, 5.41) is 14.9. The minimum absolute atomic E-state index is 0.336. The predicted octanol–water partition coefficient (Wildman–Crippen LogP) is 5.21. The van der Waals surface area contributed by atoms with Gasteiger partial charge in [0, 0.05) is 29.8 Å². The molecule has 1 saturated carbocycles. The molecule has 3 aromatic rings. The molecule has 2 fully saturated rings. The van der Waals surface area contributed by atoms with E-state index < -0.39 is 6.67 Å². The van der Waals surface area contributed by atoms with Gasteiger partial charge in [-0.15, -0.1) is 5.10 Å². The molecule has 1 saturated heterocycles. The molecule has 3 N–H and O–H groups in total. The van der Waals surface area contributed by atoms with E-state index >= 15 is 0 Å². The van der Waals surface area contributed by atoms with Crippen LogP contribution in [0.5, 0.6) is 5.88 Å². The molecule has 10 heteroatoms. The van der Waals surface area contributed by atoms with Crippen LogP contribution >= 0.6 is 0 Å². The van der Waals surface area contributed by atoms with Crippen molar-refractivity contribution in [2.24, 2.45) is 10.5 Å². The molecule has 2 aliphatic rings. The highest BCUT2D eigenvalue weighted by Gasteiger charge is 2.41. The second-order valence-electron chi connectivity index (χ2n) is 9.19. The van der Waals surface area contributed by atoms with Crippen LogP contribution in [-0.4, -0.2) is 54.2 Å². The molecule has 5 rings (SSSR count). The Kier molecular flexibility index (Phi) is 6.32. The fourth-order valence-electron chi connectivity index (χ4n) is 4.90. The van der Waals surface area contributed by atoms with Gasteiger partial charge in [0.15, 0.2) is 0 Å². The Labute approximate surface area is 197 Å². The van der Waals surface area contributed by atoms with Gasteiger partial charge in [0.2, 0.25) is 11.8 Å². The van der Waals surface area contributed by atoms with Crippen molar-refractivity contribution in [1.29, 1.82) is 5.53 Å². The van der Waals surface area contributed by atoms with E-state index in [2.05, 4.69) is 20.7 Å². The maximum atomic E-state index is 12.5. The molecule has 34 heavy (non-hydrogen) atoms. The zero-order valence-electron chi connectivity index (χ0n) is 19.3. The minimum atomic E-state index is -0.398. The molecule has 0 atom stereocenters. The van der Waals surface area contributed by atoms with Gasteiger partial charge in [0.05, 0.1) is 32.7 Å². The number of aromatic nitrogens is 3. The summed E-state index contributed by atoms with van der Waals surface area (Å²) < 4.78 is 25.4. The Bertz CT molecular complexity index is 1170. The van der Waals surface area contributed by atoms with E-state index in [-0.39, 0.29) is 0 Å².